The maximum absolute atomic E-state index is 12.3. The van der Waals surface area contributed by atoms with Gasteiger partial charge in [0.1, 0.15) is 5.75 Å². The summed E-state index contributed by atoms with van der Waals surface area (Å²) in [4.78, 5) is 12.3. The topological polar surface area (TPSA) is 38.3 Å². The van der Waals surface area contributed by atoms with Gasteiger partial charge in [-0.15, -0.1) is 0 Å². The lowest BCUT2D eigenvalue weighted by Gasteiger charge is -2.18. The van der Waals surface area contributed by atoms with Gasteiger partial charge >= 0.3 is 0 Å². The van der Waals surface area contributed by atoms with Crippen molar-refractivity contribution in [1.29, 1.82) is 0 Å². The first-order valence-electron chi connectivity index (χ1n) is 8.12. The third kappa shape index (κ3) is 6.46. The molecular formula is C19H21Cl2NO2S. The van der Waals surface area contributed by atoms with Crippen LogP contribution in [0.15, 0.2) is 48.5 Å². The molecule has 0 saturated carbocycles. The number of hydrogen-bond acceptors (Lipinski definition) is 3. The van der Waals surface area contributed by atoms with Gasteiger partial charge in [0.15, 0.2) is 6.10 Å². The van der Waals surface area contributed by atoms with Gasteiger partial charge in [-0.25, -0.2) is 0 Å². The van der Waals surface area contributed by atoms with Crippen LogP contribution in [0.4, 0.5) is 0 Å². The second kappa shape index (κ2) is 10.6. The normalized spacial score (nSPS) is 11.8. The van der Waals surface area contributed by atoms with Crippen molar-refractivity contribution in [3.05, 3.63) is 64.1 Å². The van der Waals surface area contributed by atoms with Crippen LogP contribution in [0, 0.1) is 0 Å². The fraction of sp³-hybridized carbons (Fsp3) is 0.316. The first-order chi connectivity index (χ1) is 12.1. The number of carbonyl (C=O) groups is 1. The summed E-state index contributed by atoms with van der Waals surface area (Å²) in [5.41, 5.74) is 1.11. The Hall–Kier alpha value is -1.36. The van der Waals surface area contributed by atoms with E-state index in [-0.39, 0.29) is 5.91 Å². The second-order valence-corrected chi connectivity index (χ2v) is 7.30. The molecule has 0 aromatic heterocycles. The summed E-state index contributed by atoms with van der Waals surface area (Å²) in [5.74, 6) is 2.03. The highest BCUT2D eigenvalue weighted by Crippen LogP contribution is 2.25. The molecule has 0 bridgehead atoms. The van der Waals surface area contributed by atoms with Crippen molar-refractivity contribution < 1.29 is 9.53 Å². The lowest BCUT2D eigenvalue weighted by atomic mass is 10.2. The Balaban J connectivity index is 1.73. The van der Waals surface area contributed by atoms with Crippen LogP contribution in [-0.2, 0) is 10.5 Å². The summed E-state index contributed by atoms with van der Waals surface area (Å²) in [6, 6.07) is 15.0. The van der Waals surface area contributed by atoms with Gasteiger partial charge in [0.2, 0.25) is 0 Å². The number of amides is 1. The van der Waals surface area contributed by atoms with E-state index in [4.69, 9.17) is 27.9 Å². The third-order valence-electron chi connectivity index (χ3n) is 3.53. The highest BCUT2D eigenvalue weighted by atomic mass is 35.5. The van der Waals surface area contributed by atoms with Gasteiger partial charge in [0, 0.05) is 23.1 Å². The number of nitrogens with one attached hydrogen (secondary N) is 1. The van der Waals surface area contributed by atoms with Gasteiger partial charge < -0.3 is 10.1 Å². The molecule has 2 aromatic carbocycles. The predicted octanol–water partition coefficient (Wildman–Crippen LogP) is 5.20. The Kier molecular flexibility index (Phi) is 8.45. The van der Waals surface area contributed by atoms with Gasteiger partial charge in [-0.05, 0) is 30.2 Å². The molecule has 1 atom stereocenters. The summed E-state index contributed by atoms with van der Waals surface area (Å²) < 4.78 is 5.73. The van der Waals surface area contributed by atoms with Crippen LogP contribution < -0.4 is 10.1 Å². The summed E-state index contributed by atoms with van der Waals surface area (Å²) in [5, 5.41) is 4.19. The van der Waals surface area contributed by atoms with Gasteiger partial charge in [-0.3, -0.25) is 4.79 Å². The number of hydrogen-bond donors (Lipinski definition) is 1. The molecule has 0 saturated heterocycles. The lowest BCUT2D eigenvalue weighted by Crippen LogP contribution is -2.39. The van der Waals surface area contributed by atoms with E-state index in [0.717, 1.165) is 22.1 Å². The predicted molar refractivity (Wildman–Crippen MR) is 107 cm³/mol. The van der Waals surface area contributed by atoms with Gasteiger partial charge in [-0.1, -0.05) is 60.5 Å². The molecule has 0 spiro atoms. The van der Waals surface area contributed by atoms with E-state index in [1.54, 1.807) is 23.9 Å². The quantitative estimate of drug-likeness (QED) is 0.590. The van der Waals surface area contributed by atoms with Crippen LogP contribution in [0.3, 0.4) is 0 Å². The number of thioether (sulfide) groups is 1. The lowest BCUT2D eigenvalue weighted by molar-refractivity contribution is -0.127. The highest BCUT2D eigenvalue weighted by molar-refractivity contribution is 7.98. The summed E-state index contributed by atoms with van der Waals surface area (Å²) in [6.07, 6.45) is 0.0255. The average molecular weight is 398 g/mol. The highest BCUT2D eigenvalue weighted by Gasteiger charge is 2.18. The zero-order chi connectivity index (χ0) is 18.1. The van der Waals surface area contributed by atoms with Crippen molar-refractivity contribution in [2.75, 3.05) is 12.3 Å². The fourth-order valence-electron chi connectivity index (χ4n) is 2.17. The molecule has 1 amide bonds. The molecule has 2 aromatic rings. The van der Waals surface area contributed by atoms with Crippen molar-refractivity contribution in [2.24, 2.45) is 0 Å². The smallest absolute Gasteiger partial charge is 0.261 e. The number of rotatable bonds is 9. The Morgan fingerprint density at radius 2 is 1.80 bits per heavy atom. The molecule has 0 aliphatic carbocycles. The standard InChI is InChI=1S/C19H21Cl2NO2S/c1-2-17(24-18-10-6-5-9-16(18)21)19(23)22-11-12-25-13-14-7-3-4-8-15(14)20/h3-10,17H,2,11-13H2,1H3,(H,22,23)/t17-/m1/s1. The number of carbonyl (C=O) groups excluding carboxylic acids is 1. The minimum absolute atomic E-state index is 0.124. The summed E-state index contributed by atoms with van der Waals surface area (Å²) >= 11 is 13.9. The van der Waals surface area contributed by atoms with Crippen LogP contribution in [0.2, 0.25) is 10.0 Å². The van der Waals surface area contributed by atoms with E-state index in [9.17, 15) is 4.79 Å². The van der Waals surface area contributed by atoms with E-state index < -0.39 is 6.10 Å². The number of benzene rings is 2. The van der Waals surface area contributed by atoms with Crippen LogP contribution in [0.1, 0.15) is 18.9 Å². The first-order valence-corrected chi connectivity index (χ1v) is 10.0. The largest absolute Gasteiger partial charge is 0.479 e. The minimum atomic E-state index is -0.548. The number of para-hydroxylation sites is 1. The fourth-order valence-corrected chi connectivity index (χ4v) is 3.50. The minimum Gasteiger partial charge on any atom is -0.479 e. The summed E-state index contributed by atoms with van der Waals surface area (Å²) in [7, 11) is 0. The molecule has 0 heterocycles. The molecule has 1 N–H and O–H groups in total. The number of ether oxygens (including phenoxy) is 1. The molecule has 0 radical (unpaired) electrons. The second-order valence-electron chi connectivity index (χ2n) is 5.38. The molecule has 0 unspecified atom stereocenters. The molecular weight excluding hydrogens is 377 g/mol. The van der Waals surface area contributed by atoms with Gasteiger partial charge in [0.25, 0.3) is 5.91 Å². The van der Waals surface area contributed by atoms with Crippen molar-refractivity contribution in [2.45, 2.75) is 25.2 Å². The number of halogens is 2. The summed E-state index contributed by atoms with van der Waals surface area (Å²) in [6.45, 7) is 2.49. The average Bonchev–Trinajstić information content (AvgIpc) is 2.62. The monoisotopic (exact) mass is 397 g/mol. The molecule has 25 heavy (non-hydrogen) atoms. The SMILES string of the molecule is CC[C@@H](Oc1ccccc1Cl)C(=O)NCCSCc1ccccc1Cl. The molecule has 2 rings (SSSR count). The van der Waals surface area contributed by atoms with Crippen molar-refractivity contribution in [3.63, 3.8) is 0 Å². The van der Waals surface area contributed by atoms with E-state index >= 15 is 0 Å². The molecule has 134 valence electrons. The van der Waals surface area contributed by atoms with Crippen LogP contribution >= 0.6 is 35.0 Å². The third-order valence-corrected chi connectivity index (χ3v) is 5.22. The van der Waals surface area contributed by atoms with Crippen molar-refractivity contribution in [1.82, 2.24) is 5.32 Å². The molecule has 6 heteroatoms. The molecule has 0 aliphatic rings. The van der Waals surface area contributed by atoms with E-state index in [1.165, 1.54) is 0 Å². The Bertz CT molecular complexity index is 697. The van der Waals surface area contributed by atoms with Crippen LogP contribution in [0.5, 0.6) is 5.75 Å². The Labute approximate surface area is 163 Å². The molecule has 3 nitrogen and oxygen atoms in total. The zero-order valence-corrected chi connectivity index (χ0v) is 16.3. The van der Waals surface area contributed by atoms with Gasteiger partial charge in [-0.2, -0.15) is 11.8 Å². The zero-order valence-electron chi connectivity index (χ0n) is 14.0. The van der Waals surface area contributed by atoms with Gasteiger partial charge in [0.05, 0.1) is 5.02 Å². The van der Waals surface area contributed by atoms with Crippen molar-refractivity contribution >= 4 is 40.9 Å². The van der Waals surface area contributed by atoms with Crippen LogP contribution in [-0.4, -0.2) is 24.3 Å². The van der Waals surface area contributed by atoms with Crippen LogP contribution in [0.25, 0.3) is 0 Å². The van der Waals surface area contributed by atoms with E-state index in [1.807, 2.05) is 43.3 Å². The van der Waals surface area contributed by atoms with Crippen molar-refractivity contribution in [3.8, 4) is 5.75 Å². The van der Waals surface area contributed by atoms with E-state index in [2.05, 4.69) is 5.32 Å². The maximum Gasteiger partial charge on any atom is 0.261 e. The first kappa shape index (κ1) is 20.0. The Morgan fingerprint density at radius 1 is 1.12 bits per heavy atom. The maximum atomic E-state index is 12.3. The molecule has 0 aliphatic heterocycles. The Morgan fingerprint density at radius 3 is 2.48 bits per heavy atom. The molecule has 0 fully saturated rings. The van der Waals surface area contributed by atoms with E-state index in [0.29, 0.717) is 23.7 Å².